The molecule has 0 bridgehead atoms. The second-order valence-corrected chi connectivity index (χ2v) is 5.29. The maximum Gasteiger partial charge on any atom is 0.326 e. The van der Waals surface area contributed by atoms with Gasteiger partial charge in [0.2, 0.25) is 5.91 Å². The van der Waals surface area contributed by atoms with Gasteiger partial charge in [0.25, 0.3) is 0 Å². The van der Waals surface area contributed by atoms with Crippen molar-refractivity contribution < 1.29 is 14.7 Å². The number of hydrogen-bond acceptors (Lipinski definition) is 2. The van der Waals surface area contributed by atoms with Crippen LogP contribution in [0.25, 0.3) is 0 Å². The predicted octanol–water partition coefficient (Wildman–Crippen LogP) is 2.20. The zero-order valence-electron chi connectivity index (χ0n) is 10.8. The summed E-state index contributed by atoms with van der Waals surface area (Å²) in [6.45, 7) is 1.79. The number of piperidine rings is 1. The molecule has 2 fully saturated rings. The van der Waals surface area contributed by atoms with Gasteiger partial charge in [-0.25, -0.2) is 4.79 Å². The smallest absolute Gasteiger partial charge is 0.326 e. The highest BCUT2D eigenvalue weighted by molar-refractivity contribution is 5.91. The van der Waals surface area contributed by atoms with Crippen molar-refractivity contribution in [2.24, 2.45) is 5.92 Å². The standard InChI is InChI=1S/C14H21NO3/c1-2-5-13(16)15-11-7-4-3-6-10(11)8-9-12(15)14(17)18/h2,5,10-12H,3-4,6-9H2,1H3,(H,17,18). The average molecular weight is 251 g/mol. The number of amides is 1. The number of aliphatic carboxylic acids is 1. The lowest BCUT2D eigenvalue weighted by Gasteiger charge is -2.46. The molecule has 0 aromatic carbocycles. The van der Waals surface area contributed by atoms with Crippen molar-refractivity contribution in [2.75, 3.05) is 0 Å². The van der Waals surface area contributed by atoms with E-state index in [0.29, 0.717) is 12.3 Å². The van der Waals surface area contributed by atoms with Gasteiger partial charge >= 0.3 is 5.97 Å². The van der Waals surface area contributed by atoms with Crippen molar-refractivity contribution in [2.45, 2.75) is 57.5 Å². The molecule has 3 atom stereocenters. The number of rotatable bonds is 2. The number of carbonyl (C=O) groups is 2. The second-order valence-electron chi connectivity index (χ2n) is 5.29. The van der Waals surface area contributed by atoms with Crippen LogP contribution in [0.5, 0.6) is 0 Å². The zero-order valence-corrected chi connectivity index (χ0v) is 10.8. The maximum absolute atomic E-state index is 12.1. The molecule has 3 unspecified atom stereocenters. The summed E-state index contributed by atoms with van der Waals surface area (Å²) in [5.41, 5.74) is 0. The van der Waals surface area contributed by atoms with Crippen molar-refractivity contribution in [1.82, 2.24) is 4.90 Å². The molecular formula is C14H21NO3. The fourth-order valence-electron chi connectivity index (χ4n) is 3.42. The minimum Gasteiger partial charge on any atom is -0.480 e. The van der Waals surface area contributed by atoms with Gasteiger partial charge in [-0.05, 0) is 44.6 Å². The van der Waals surface area contributed by atoms with E-state index in [-0.39, 0.29) is 11.9 Å². The van der Waals surface area contributed by atoms with E-state index in [4.69, 9.17) is 0 Å². The molecule has 2 rings (SSSR count). The Morgan fingerprint density at radius 3 is 2.56 bits per heavy atom. The van der Waals surface area contributed by atoms with E-state index in [1.54, 1.807) is 17.9 Å². The monoisotopic (exact) mass is 251 g/mol. The second kappa shape index (κ2) is 5.55. The summed E-state index contributed by atoms with van der Waals surface area (Å²) in [5.74, 6) is -0.498. The van der Waals surface area contributed by atoms with Crippen molar-refractivity contribution in [3.8, 4) is 0 Å². The first-order valence-electron chi connectivity index (χ1n) is 6.83. The molecule has 4 nitrogen and oxygen atoms in total. The van der Waals surface area contributed by atoms with Gasteiger partial charge in [-0.1, -0.05) is 18.9 Å². The third-order valence-electron chi connectivity index (χ3n) is 4.22. The summed E-state index contributed by atoms with van der Waals surface area (Å²) < 4.78 is 0. The first-order valence-corrected chi connectivity index (χ1v) is 6.83. The molecule has 0 aromatic rings. The molecule has 1 saturated heterocycles. The molecule has 1 saturated carbocycles. The Morgan fingerprint density at radius 2 is 1.89 bits per heavy atom. The van der Waals surface area contributed by atoms with Gasteiger partial charge in [0.05, 0.1) is 0 Å². The van der Waals surface area contributed by atoms with Crippen LogP contribution in [0.1, 0.15) is 45.4 Å². The number of likely N-dealkylation sites (tertiary alicyclic amines) is 1. The number of allylic oxidation sites excluding steroid dienone is 1. The molecule has 1 heterocycles. The summed E-state index contributed by atoms with van der Waals surface area (Å²) in [7, 11) is 0. The predicted molar refractivity (Wildman–Crippen MR) is 68.1 cm³/mol. The normalized spacial score (nSPS) is 32.3. The van der Waals surface area contributed by atoms with Gasteiger partial charge in [-0.15, -0.1) is 0 Å². The van der Waals surface area contributed by atoms with E-state index in [1.165, 1.54) is 12.5 Å². The topological polar surface area (TPSA) is 57.6 Å². The number of carbonyl (C=O) groups excluding carboxylic acids is 1. The van der Waals surface area contributed by atoms with Crippen molar-refractivity contribution in [1.29, 1.82) is 0 Å². The zero-order chi connectivity index (χ0) is 13.1. The molecule has 4 heteroatoms. The first-order chi connectivity index (χ1) is 8.65. The molecule has 1 N–H and O–H groups in total. The molecule has 2 aliphatic rings. The Hall–Kier alpha value is -1.32. The maximum atomic E-state index is 12.1. The van der Waals surface area contributed by atoms with E-state index >= 15 is 0 Å². The van der Waals surface area contributed by atoms with Crippen LogP contribution in [0, 0.1) is 5.92 Å². The van der Waals surface area contributed by atoms with E-state index in [1.807, 2.05) is 0 Å². The van der Waals surface area contributed by atoms with Crippen LogP contribution in [-0.4, -0.2) is 34.0 Å². The number of hydrogen-bond donors (Lipinski definition) is 1. The van der Waals surface area contributed by atoms with Crippen LogP contribution < -0.4 is 0 Å². The quantitative estimate of drug-likeness (QED) is 0.765. The molecule has 100 valence electrons. The largest absolute Gasteiger partial charge is 0.480 e. The third kappa shape index (κ3) is 2.42. The average Bonchev–Trinajstić information content (AvgIpc) is 2.37. The summed E-state index contributed by atoms with van der Waals surface area (Å²) in [6.07, 6.45) is 9.13. The summed E-state index contributed by atoms with van der Waals surface area (Å²) in [5, 5.41) is 9.30. The summed E-state index contributed by atoms with van der Waals surface area (Å²) >= 11 is 0. The molecular weight excluding hydrogens is 230 g/mol. The van der Waals surface area contributed by atoms with Crippen molar-refractivity contribution in [3.05, 3.63) is 12.2 Å². The van der Waals surface area contributed by atoms with Crippen LogP contribution in [0.4, 0.5) is 0 Å². The van der Waals surface area contributed by atoms with Crippen LogP contribution >= 0.6 is 0 Å². The molecule has 18 heavy (non-hydrogen) atoms. The lowest BCUT2D eigenvalue weighted by Crippen LogP contribution is -2.57. The van der Waals surface area contributed by atoms with Crippen LogP contribution in [0.2, 0.25) is 0 Å². The Labute approximate surface area is 108 Å². The minimum atomic E-state index is -0.864. The molecule has 0 spiro atoms. The van der Waals surface area contributed by atoms with Gasteiger partial charge < -0.3 is 10.0 Å². The third-order valence-corrected chi connectivity index (χ3v) is 4.22. The highest BCUT2D eigenvalue weighted by atomic mass is 16.4. The molecule has 1 aliphatic carbocycles. The lowest BCUT2D eigenvalue weighted by atomic mass is 9.76. The van der Waals surface area contributed by atoms with E-state index < -0.39 is 12.0 Å². The summed E-state index contributed by atoms with van der Waals surface area (Å²) in [4.78, 5) is 25.1. The minimum absolute atomic E-state index is 0.136. The van der Waals surface area contributed by atoms with E-state index in [2.05, 4.69) is 0 Å². The Morgan fingerprint density at radius 1 is 1.17 bits per heavy atom. The SMILES string of the molecule is CC=CC(=O)N1C(C(=O)O)CCC2CCCCC21. The summed E-state index contributed by atoms with van der Waals surface area (Å²) in [6, 6.07) is -0.495. The van der Waals surface area contributed by atoms with E-state index in [0.717, 1.165) is 25.7 Å². The Balaban J connectivity index is 2.24. The van der Waals surface area contributed by atoms with Crippen LogP contribution in [0.3, 0.4) is 0 Å². The Kier molecular flexibility index (Phi) is 4.04. The van der Waals surface area contributed by atoms with E-state index in [9.17, 15) is 14.7 Å². The van der Waals surface area contributed by atoms with Gasteiger partial charge in [0.1, 0.15) is 6.04 Å². The number of nitrogens with zero attached hydrogens (tertiary/aromatic N) is 1. The molecule has 0 aromatic heterocycles. The highest BCUT2D eigenvalue weighted by Gasteiger charge is 2.42. The molecule has 1 aliphatic heterocycles. The molecule has 0 radical (unpaired) electrons. The Bertz CT molecular complexity index is 364. The number of carboxylic acid groups (broad SMARTS) is 1. The van der Waals surface area contributed by atoms with Crippen molar-refractivity contribution >= 4 is 11.9 Å². The van der Waals surface area contributed by atoms with Gasteiger partial charge in [0, 0.05) is 6.04 Å². The van der Waals surface area contributed by atoms with Gasteiger partial charge in [-0.3, -0.25) is 4.79 Å². The van der Waals surface area contributed by atoms with Crippen LogP contribution in [-0.2, 0) is 9.59 Å². The van der Waals surface area contributed by atoms with Crippen molar-refractivity contribution in [3.63, 3.8) is 0 Å². The number of carboxylic acids is 1. The fourth-order valence-corrected chi connectivity index (χ4v) is 3.42. The van der Waals surface area contributed by atoms with Gasteiger partial charge in [-0.2, -0.15) is 0 Å². The lowest BCUT2D eigenvalue weighted by molar-refractivity contribution is -0.155. The molecule has 1 amide bonds. The highest BCUT2D eigenvalue weighted by Crippen LogP contribution is 2.38. The fraction of sp³-hybridized carbons (Fsp3) is 0.714. The van der Waals surface area contributed by atoms with Gasteiger partial charge in [0.15, 0.2) is 0 Å². The van der Waals surface area contributed by atoms with Crippen LogP contribution in [0.15, 0.2) is 12.2 Å². The first kappa shape index (κ1) is 13.1. The number of fused-ring (bicyclic) bond motifs is 1.